The summed E-state index contributed by atoms with van der Waals surface area (Å²) < 4.78 is 62.2. The number of carbonyl (C=O) groups excluding carboxylic acids is 2. The minimum atomic E-state index is -5.37. The van der Waals surface area contributed by atoms with Crippen molar-refractivity contribution in [1.82, 2.24) is 4.31 Å². The molecule has 0 aromatic carbocycles. The Morgan fingerprint density at radius 2 is 1.64 bits per heavy atom. The first-order valence-corrected chi connectivity index (χ1v) is 8.86. The molecule has 1 aliphatic heterocycles. The molecule has 9 nitrogen and oxygen atoms in total. The minimum Gasteiger partial charge on any atom is -0.458 e. The SMILES string of the molecule is CC(C)(C)OC(=O)N([C@@]1(C(=O)OC(C)(C)C)COC[C@@H]1[18F])S(=O)(=O)O. The summed E-state index contributed by atoms with van der Waals surface area (Å²) >= 11 is 0. The van der Waals surface area contributed by atoms with E-state index < -0.39 is 58.5 Å². The lowest BCUT2D eigenvalue weighted by molar-refractivity contribution is -0.169. The van der Waals surface area contributed by atoms with Gasteiger partial charge in [-0.25, -0.2) is 14.0 Å². The van der Waals surface area contributed by atoms with Gasteiger partial charge in [-0.2, -0.15) is 12.7 Å². The quantitative estimate of drug-likeness (QED) is 0.574. The van der Waals surface area contributed by atoms with E-state index in [-0.39, 0.29) is 4.31 Å². The molecule has 0 saturated carbocycles. The lowest BCUT2D eigenvalue weighted by atomic mass is 9.96. The highest BCUT2D eigenvalue weighted by molar-refractivity contribution is 7.84. The third-order valence-corrected chi connectivity index (χ3v) is 3.95. The van der Waals surface area contributed by atoms with Crippen molar-refractivity contribution in [3.63, 3.8) is 0 Å². The first-order chi connectivity index (χ1) is 11.0. The van der Waals surface area contributed by atoms with Gasteiger partial charge in [0.25, 0.3) is 0 Å². The zero-order valence-electron chi connectivity index (χ0n) is 15.0. The first kappa shape index (κ1) is 21.6. The second-order valence-electron chi connectivity index (χ2n) is 7.63. The summed E-state index contributed by atoms with van der Waals surface area (Å²) in [5.74, 6) is -1.37. The molecule has 1 heterocycles. The fourth-order valence-electron chi connectivity index (χ4n) is 2.13. The minimum absolute atomic E-state index is 0.336. The number of carbonyl (C=O) groups is 2. The van der Waals surface area contributed by atoms with Crippen LogP contribution in [0.15, 0.2) is 0 Å². The Balaban J connectivity index is 3.47. The van der Waals surface area contributed by atoms with Crippen molar-refractivity contribution in [3.05, 3.63) is 0 Å². The van der Waals surface area contributed by atoms with E-state index in [4.69, 9.17) is 14.2 Å². The monoisotopic (exact) mass is 384 g/mol. The lowest BCUT2D eigenvalue weighted by Gasteiger charge is -2.38. The predicted molar refractivity (Wildman–Crippen MR) is 83.9 cm³/mol. The summed E-state index contributed by atoms with van der Waals surface area (Å²) in [6.45, 7) is 7.27. The molecule has 0 unspecified atom stereocenters. The molecular formula is C14H24FNO8S. The molecule has 1 N–H and O–H groups in total. The highest BCUT2D eigenvalue weighted by Crippen LogP contribution is 2.35. The van der Waals surface area contributed by atoms with Gasteiger partial charge >= 0.3 is 22.4 Å². The van der Waals surface area contributed by atoms with Gasteiger partial charge in [-0.15, -0.1) is 0 Å². The smallest absolute Gasteiger partial charge is 0.427 e. The fourth-order valence-corrected chi connectivity index (χ4v) is 3.01. The Hall–Kier alpha value is -1.46. The van der Waals surface area contributed by atoms with Crippen LogP contribution < -0.4 is 0 Å². The molecule has 2 atom stereocenters. The Morgan fingerprint density at radius 1 is 1.16 bits per heavy atom. The molecule has 0 radical (unpaired) electrons. The second kappa shape index (κ2) is 6.69. The van der Waals surface area contributed by atoms with Crippen molar-refractivity contribution in [3.8, 4) is 0 Å². The van der Waals surface area contributed by atoms with E-state index in [1.54, 1.807) is 0 Å². The summed E-state index contributed by atoms with van der Waals surface area (Å²) in [6, 6.07) is 0. The number of alkyl halides is 1. The van der Waals surface area contributed by atoms with E-state index in [9.17, 15) is 27.0 Å². The summed E-state index contributed by atoms with van der Waals surface area (Å²) in [7, 11) is -5.37. The average Bonchev–Trinajstić information content (AvgIpc) is 2.65. The van der Waals surface area contributed by atoms with Crippen LogP contribution in [0.25, 0.3) is 0 Å². The molecule has 0 spiro atoms. The molecule has 0 aromatic rings. The van der Waals surface area contributed by atoms with Crippen LogP contribution in [0.1, 0.15) is 41.5 Å². The Labute approximate surface area is 146 Å². The molecule has 0 bridgehead atoms. The van der Waals surface area contributed by atoms with E-state index >= 15 is 0 Å². The van der Waals surface area contributed by atoms with Gasteiger partial charge in [-0.3, -0.25) is 4.55 Å². The molecule has 146 valence electrons. The van der Waals surface area contributed by atoms with Gasteiger partial charge in [0, 0.05) is 0 Å². The van der Waals surface area contributed by atoms with Gasteiger partial charge < -0.3 is 14.2 Å². The van der Waals surface area contributed by atoms with Crippen LogP contribution in [0.4, 0.5) is 9.18 Å². The molecule has 1 amide bonds. The number of hydrogen-bond acceptors (Lipinski definition) is 7. The number of esters is 1. The van der Waals surface area contributed by atoms with Crippen LogP contribution in [0.5, 0.6) is 0 Å². The summed E-state index contributed by atoms with van der Waals surface area (Å²) in [5.41, 5.74) is -4.99. The van der Waals surface area contributed by atoms with Gasteiger partial charge in [-0.1, -0.05) is 0 Å². The summed E-state index contributed by atoms with van der Waals surface area (Å²) in [6.07, 6.45) is -3.87. The Morgan fingerprint density at radius 3 is 1.96 bits per heavy atom. The largest absolute Gasteiger partial charge is 0.458 e. The number of hydrogen-bond donors (Lipinski definition) is 1. The maximum atomic E-state index is 14.6. The van der Waals surface area contributed by atoms with E-state index in [2.05, 4.69) is 0 Å². The maximum absolute atomic E-state index is 14.6. The predicted octanol–water partition coefficient (Wildman–Crippen LogP) is 1.48. The molecule has 0 aliphatic carbocycles. The molecule has 25 heavy (non-hydrogen) atoms. The maximum Gasteiger partial charge on any atom is 0.427 e. The molecule has 1 rings (SSSR count). The van der Waals surface area contributed by atoms with E-state index in [0.717, 1.165) is 0 Å². The van der Waals surface area contributed by atoms with Gasteiger partial charge in [0.05, 0.1) is 13.2 Å². The fraction of sp³-hybridized carbons (Fsp3) is 0.857. The zero-order valence-corrected chi connectivity index (χ0v) is 15.8. The van der Waals surface area contributed by atoms with Gasteiger partial charge in [0.1, 0.15) is 11.2 Å². The number of halogens is 1. The van der Waals surface area contributed by atoms with Crippen LogP contribution >= 0.6 is 0 Å². The highest BCUT2D eigenvalue weighted by Gasteiger charge is 2.64. The zero-order chi connectivity index (χ0) is 19.8. The molecule has 1 saturated heterocycles. The van der Waals surface area contributed by atoms with E-state index in [1.807, 2.05) is 0 Å². The average molecular weight is 384 g/mol. The van der Waals surface area contributed by atoms with E-state index in [1.165, 1.54) is 41.5 Å². The summed E-state index contributed by atoms with van der Waals surface area (Å²) in [5, 5.41) is 0. The lowest BCUT2D eigenvalue weighted by Crippen LogP contribution is -2.66. The van der Waals surface area contributed by atoms with Gasteiger partial charge in [0.15, 0.2) is 6.17 Å². The van der Waals surface area contributed by atoms with Crippen molar-refractivity contribution < 1.29 is 41.2 Å². The third-order valence-electron chi connectivity index (χ3n) is 3.01. The van der Waals surface area contributed by atoms with Crippen LogP contribution in [0, 0.1) is 0 Å². The number of nitrogens with zero attached hydrogens (tertiary/aromatic N) is 1. The van der Waals surface area contributed by atoms with Crippen LogP contribution in [-0.2, 0) is 29.3 Å². The molecule has 1 fully saturated rings. The van der Waals surface area contributed by atoms with Crippen molar-refractivity contribution in [2.45, 2.75) is 64.5 Å². The first-order valence-electron chi connectivity index (χ1n) is 7.47. The van der Waals surface area contributed by atoms with Crippen molar-refractivity contribution in [2.24, 2.45) is 0 Å². The van der Waals surface area contributed by atoms with Crippen LogP contribution in [-0.4, -0.2) is 65.5 Å². The van der Waals surface area contributed by atoms with Crippen LogP contribution in [0.2, 0.25) is 0 Å². The molecule has 0 aromatic heterocycles. The van der Waals surface area contributed by atoms with Crippen LogP contribution in [0.3, 0.4) is 0 Å². The van der Waals surface area contributed by atoms with Crippen molar-refractivity contribution in [2.75, 3.05) is 13.2 Å². The summed E-state index contributed by atoms with van der Waals surface area (Å²) in [4.78, 5) is 24.9. The molecular weight excluding hydrogens is 360 g/mol. The van der Waals surface area contributed by atoms with Gasteiger partial charge in [-0.05, 0) is 41.5 Å². The standard InChI is InChI=1S/C14H24FNO8S/c1-12(2,3)23-10(17)14(8-22-7-9(14)15)16(25(19,20)21)11(18)24-13(4,5)6/h9H,7-8H2,1-6H3,(H,19,20,21)/t9-,14-/m0/s1/i15-1. The topological polar surface area (TPSA) is 119 Å². The van der Waals surface area contributed by atoms with Crippen molar-refractivity contribution >= 4 is 22.4 Å². The third kappa shape index (κ3) is 5.02. The highest BCUT2D eigenvalue weighted by atomic mass is 32.2. The Bertz CT molecular complexity index is 636. The normalized spacial score (nSPS) is 24.7. The number of amides is 1. The molecule has 11 heteroatoms. The second-order valence-corrected chi connectivity index (χ2v) is 8.89. The Kier molecular flexibility index (Phi) is 5.77. The number of rotatable bonds is 3. The number of ether oxygens (including phenoxy) is 3. The van der Waals surface area contributed by atoms with E-state index in [0.29, 0.717) is 0 Å². The van der Waals surface area contributed by atoms with Gasteiger partial charge in [0.2, 0.25) is 5.54 Å². The molecule has 1 aliphatic rings. The van der Waals surface area contributed by atoms with Crippen molar-refractivity contribution in [1.29, 1.82) is 0 Å².